The Morgan fingerprint density at radius 1 is 0.854 bits per heavy atom. The predicted octanol–water partition coefficient (Wildman–Crippen LogP) is 8.06. The van der Waals surface area contributed by atoms with Gasteiger partial charge >= 0.3 is 0 Å². The summed E-state index contributed by atoms with van der Waals surface area (Å²) in [6.45, 7) is 6.15. The van der Waals surface area contributed by atoms with Crippen molar-refractivity contribution in [2.45, 2.75) is 26.8 Å². The SMILES string of the molecule is Cc1ccc(C)c(NC2=Nc3ccccc3N3C2=Nc2c(c(C)nn2-c2ccccc2)[C@H]3c2cc(Br)ccc2O)c1. The van der Waals surface area contributed by atoms with E-state index in [2.05, 4.69) is 58.2 Å². The summed E-state index contributed by atoms with van der Waals surface area (Å²) < 4.78 is 2.75. The molecule has 2 aliphatic rings. The number of aliphatic imine (C=N–C) groups is 2. The molecule has 0 aliphatic carbocycles. The van der Waals surface area contributed by atoms with Crippen LogP contribution in [-0.4, -0.2) is 26.6 Å². The second-order valence-corrected chi connectivity index (χ2v) is 11.3. The Hall–Kier alpha value is -4.69. The largest absolute Gasteiger partial charge is 0.508 e. The molecule has 0 radical (unpaired) electrons. The lowest BCUT2D eigenvalue weighted by molar-refractivity contribution is 0.465. The molecule has 41 heavy (non-hydrogen) atoms. The van der Waals surface area contributed by atoms with E-state index in [0.29, 0.717) is 17.5 Å². The molecule has 1 atom stereocenters. The zero-order valence-corrected chi connectivity index (χ0v) is 24.4. The van der Waals surface area contributed by atoms with E-state index < -0.39 is 6.04 Å². The maximum atomic E-state index is 11.3. The molecule has 1 aromatic heterocycles. The quantitative estimate of drug-likeness (QED) is 0.219. The Labute approximate surface area is 246 Å². The van der Waals surface area contributed by atoms with Gasteiger partial charge in [-0.3, -0.25) is 0 Å². The number of para-hydroxylation sites is 3. The normalized spacial score (nSPS) is 15.4. The average Bonchev–Trinajstić information content (AvgIpc) is 3.31. The molecule has 0 saturated carbocycles. The summed E-state index contributed by atoms with van der Waals surface area (Å²) >= 11 is 3.64. The summed E-state index contributed by atoms with van der Waals surface area (Å²) in [5.41, 5.74) is 8.34. The molecule has 0 bridgehead atoms. The molecule has 0 fully saturated rings. The van der Waals surface area contributed by atoms with Crippen LogP contribution >= 0.6 is 15.9 Å². The van der Waals surface area contributed by atoms with E-state index in [1.807, 2.05) is 78.3 Å². The van der Waals surface area contributed by atoms with Crippen molar-refractivity contribution in [3.05, 3.63) is 123 Å². The van der Waals surface area contributed by atoms with Crippen molar-refractivity contribution in [2.75, 3.05) is 10.2 Å². The van der Waals surface area contributed by atoms with E-state index in [-0.39, 0.29) is 5.75 Å². The summed E-state index contributed by atoms with van der Waals surface area (Å²) in [4.78, 5) is 12.5. The minimum Gasteiger partial charge on any atom is -0.508 e. The number of nitrogens with one attached hydrogen (secondary N) is 1. The lowest BCUT2D eigenvalue weighted by Crippen LogP contribution is -2.46. The van der Waals surface area contributed by atoms with Crippen molar-refractivity contribution in [1.29, 1.82) is 0 Å². The summed E-state index contributed by atoms with van der Waals surface area (Å²) in [5, 5.41) is 19.8. The van der Waals surface area contributed by atoms with Gasteiger partial charge in [-0.25, -0.2) is 14.7 Å². The Bertz CT molecular complexity index is 1890. The van der Waals surface area contributed by atoms with E-state index in [4.69, 9.17) is 15.1 Å². The highest BCUT2D eigenvalue weighted by atomic mass is 79.9. The minimum atomic E-state index is -0.417. The molecule has 0 unspecified atom stereocenters. The number of fused-ring (bicyclic) bond motifs is 4. The van der Waals surface area contributed by atoms with E-state index >= 15 is 0 Å². The molecular weight excluding hydrogens is 576 g/mol. The lowest BCUT2D eigenvalue weighted by atomic mass is 9.92. The number of hydrogen-bond acceptors (Lipinski definition) is 6. The molecular formula is C33H27BrN6O. The fourth-order valence-corrected chi connectivity index (χ4v) is 5.96. The van der Waals surface area contributed by atoms with Crippen molar-refractivity contribution < 1.29 is 5.11 Å². The number of hydrogen-bond donors (Lipinski definition) is 2. The highest BCUT2D eigenvalue weighted by Crippen LogP contribution is 2.50. The number of halogens is 1. The van der Waals surface area contributed by atoms with Crippen molar-refractivity contribution in [1.82, 2.24) is 9.78 Å². The molecule has 7 nitrogen and oxygen atoms in total. The van der Waals surface area contributed by atoms with Gasteiger partial charge in [0.15, 0.2) is 17.5 Å². The number of aromatic nitrogens is 2. The Morgan fingerprint density at radius 2 is 1.63 bits per heavy atom. The van der Waals surface area contributed by atoms with Gasteiger partial charge in [0.2, 0.25) is 0 Å². The van der Waals surface area contributed by atoms with Crippen LogP contribution in [0.15, 0.2) is 105 Å². The van der Waals surface area contributed by atoms with Crippen LogP contribution in [0.2, 0.25) is 0 Å². The van der Waals surface area contributed by atoms with Crippen LogP contribution in [-0.2, 0) is 0 Å². The second kappa shape index (κ2) is 9.74. The molecule has 4 aromatic carbocycles. The standard InChI is InChI=1S/C33H27BrN6O/c1-19-13-14-20(2)26(17-19)36-31-33-37-32-29(21(3)38-40(32)23-9-5-4-6-10-23)30(24-18-22(34)15-16-28(24)41)39(33)27-12-8-7-11-25(27)35-31/h4-18,30,41H,1-3H3,(H,35,36)/t30-/m1/s1. The second-order valence-electron chi connectivity index (χ2n) is 10.4. The number of aryl methyl sites for hydroxylation is 3. The third-order valence-electron chi connectivity index (χ3n) is 7.57. The number of phenols is 1. The smallest absolute Gasteiger partial charge is 0.179 e. The first kappa shape index (κ1) is 25.3. The number of benzene rings is 4. The topological polar surface area (TPSA) is 78.0 Å². The molecule has 202 valence electrons. The summed E-state index contributed by atoms with van der Waals surface area (Å²) in [7, 11) is 0. The van der Waals surface area contributed by atoms with Crippen LogP contribution in [0.5, 0.6) is 5.75 Å². The molecule has 7 rings (SSSR count). The fourth-order valence-electron chi connectivity index (χ4n) is 5.58. The first-order chi connectivity index (χ1) is 19.9. The van der Waals surface area contributed by atoms with Crippen LogP contribution in [0.25, 0.3) is 5.69 Å². The first-order valence-electron chi connectivity index (χ1n) is 13.4. The van der Waals surface area contributed by atoms with Crippen molar-refractivity contribution in [2.24, 2.45) is 9.98 Å². The number of phenolic OH excluding ortho intramolecular Hbond substituents is 1. The number of rotatable bonds is 3. The van der Waals surface area contributed by atoms with Gasteiger partial charge in [-0.05, 0) is 80.4 Å². The third kappa shape index (κ3) is 4.22. The number of anilines is 2. The highest BCUT2D eigenvalue weighted by molar-refractivity contribution is 9.10. The minimum absolute atomic E-state index is 0.196. The lowest BCUT2D eigenvalue weighted by Gasteiger charge is -2.40. The Kier molecular flexibility index (Phi) is 6.01. The zero-order chi connectivity index (χ0) is 28.2. The van der Waals surface area contributed by atoms with E-state index in [0.717, 1.165) is 55.2 Å². The van der Waals surface area contributed by atoms with Gasteiger partial charge in [-0.1, -0.05) is 58.4 Å². The highest BCUT2D eigenvalue weighted by Gasteiger charge is 2.42. The van der Waals surface area contributed by atoms with Crippen molar-refractivity contribution in [3.8, 4) is 11.4 Å². The molecule has 2 aliphatic heterocycles. The van der Waals surface area contributed by atoms with E-state index in [1.165, 1.54) is 0 Å². The molecule has 8 heteroatoms. The number of aromatic hydroxyl groups is 1. The van der Waals surface area contributed by atoms with Crippen LogP contribution in [0, 0.1) is 20.8 Å². The summed E-state index contributed by atoms with van der Waals surface area (Å²) in [6, 6.07) is 29.5. The van der Waals surface area contributed by atoms with E-state index in [1.54, 1.807) is 6.07 Å². The summed E-state index contributed by atoms with van der Waals surface area (Å²) in [6.07, 6.45) is 0. The molecule has 3 heterocycles. The van der Waals surface area contributed by atoms with Crippen LogP contribution in [0.3, 0.4) is 0 Å². The van der Waals surface area contributed by atoms with Crippen molar-refractivity contribution in [3.63, 3.8) is 0 Å². The maximum Gasteiger partial charge on any atom is 0.179 e. The molecule has 0 saturated heterocycles. The number of amidine groups is 2. The molecule has 0 spiro atoms. The van der Waals surface area contributed by atoms with Gasteiger partial charge < -0.3 is 15.3 Å². The van der Waals surface area contributed by atoms with Gasteiger partial charge in [0, 0.05) is 21.3 Å². The van der Waals surface area contributed by atoms with Crippen molar-refractivity contribution >= 4 is 50.5 Å². The zero-order valence-electron chi connectivity index (χ0n) is 22.8. The molecule has 0 amide bonds. The molecule has 2 N–H and O–H groups in total. The van der Waals surface area contributed by atoms with Crippen LogP contribution < -0.4 is 10.2 Å². The predicted molar refractivity (Wildman–Crippen MR) is 169 cm³/mol. The van der Waals surface area contributed by atoms with Crippen LogP contribution in [0.1, 0.15) is 34.0 Å². The van der Waals surface area contributed by atoms with Gasteiger partial charge in [0.25, 0.3) is 0 Å². The van der Waals surface area contributed by atoms with E-state index in [9.17, 15) is 5.11 Å². The Balaban J connectivity index is 1.53. The van der Waals surface area contributed by atoms with Gasteiger partial charge in [-0.15, -0.1) is 0 Å². The van der Waals surface area contributed by atoms with Gasteiger partial charge in [0.05, 0.1) is 28.8 Å². The third-order valence-corrected chi connectivity index (χ3v) is 8.06. The van der Waals surface area contributed by atoms with Gasteiger partial charge in [0.1, 0.15) is 5.75 Å². The average molecular weight is 604 g/mol. The fraction of sp³-hybridized carbons (Fsp3) is 0.121. The van der Waals surface area contributed by atoms with Gasteiger partial charge in [-0.2, -0.15) is 5.10 Å². The Morgan fingerprint density at radius 3 is 2.46 bits per heavy atom. The maximum absolute atomic E-state index is 11.3. The monoisotopic (exact) mass is 602 g/mol. The van der Waals surface area contributed by atoms with Crippen LogP contribution in [0.4, 0.5) is 22.9 Å². The summed E-state index contributed by atoms with van der Waals surface area (Å²) in [5.74, 6) is 2.18. The molecule has 5 aromatic rings. The number of nitrogens with zero attached hydrogens (tertiary/aromatic N) is 5. The first-order valence-corrected chi connectivity index (χ1v) is 14.2.